The van der Waals surface area contributed by atoms with E-state index in [2.05, 4.69) is 80.4 Å². The van der Waals surface area contributed by atoms with Crippen LogP contribution >= 0.6 is 37.9 Å². The lowest BCUT2D eigenvalue weighted by molar-refractivity contribution is 1.27. The van der Waals surface area contributed by atoms with E-state index in [1.165, 1.54) is 16.7 Å². The highest BCUT2D eigenvalue weighted by molar-refractivity contribution is 7.83. The molecule has 0 spiro atoms. The Morgan fingerprint density at radius 1 is 0.476 bits per heavy atom. The lowest BCUT2D eigenvalue weighted by Gasteiger charge is -2.07. The van der Waals surface area contributed by atoms with E-state index < -0.39 is 0 Å². The molecule has 3 heteroatoms. The molecule has 3 rings (SSSR count). The monoisotopic (exact) mass is 326 g/mol. The Hall–Kier alpha value is -1.29. The minimum atomic E-state index is 0.891. The van der Waals surface area contributed by atoms with Crippen molar-refractivity contribution in [1.29, 1.82) is 0 Å². The molecule has 0 unspecified atom stereocenters. The summed E-state index contributed by atoms with van der Waals surface area (Å²) in [6.45, 7) is 0. The third kappa shape index (κ3) is 3.31. The minimum Gasteiger partial charge on any atom is -0.143 e. The van der Waals surface area contributed by atoms with Gasteiger partial charge in [0.15, 0.2) is 0 Å². The highest BCUT2D eigenvalue weighted by atomic mass is 32.1. The van der Waals surface area contributed by atoms with Crippen LogP contribution in [0.3, 0.4) is 0 Å². The summed E-state index contributed by atoms with van der Waals surface area (Å²) in [5.74, 6) is 0. The molecule has 0 aromatic heterocycles. The molecule has 0 bridgehead atoms. The third-order valence-electron chi connectivity index (χ3n) is 3.37. The van der Waals surface area contributed by atoms with Gasteiger partial charge in [0.2, 0.25) is 0 Å². The maximum atomic E-state index is 4.42. The summed E-state index contributed by atoms with van der Waals surface area (Å²) in [5, 5.41) is 0. The summed E-state index contributed by atoms with van der Waals surface area (Å²) >= 11 is 13.2. The number of hydrogen-bond acceptors (Lipinski definition) is 3. The summed E-state index contributed by atoms with van der Waals surface area (Å²) in [6.07, 6.45) is 0. The zero-order chi connectivity index (χ0) is 14.8. The molecule has 0 saturated heterocycles. The molecule has 0 atom stereocenters. The van der Waals surface area contributed by atoms with Crippen molar-refractivity contribution >= 4 is 37.9 Å². The molecule has 0 aliphatic rings. The second kappa shape index (κ2) is 6.22. The van der Waals surface area contributed by atoms with Crippen molar-refractivity contribution in [2.45, 2.75) is 14.7 Å². The summed E-state index contributed by atoms with van der Waals surface area (Å²) < 4.78 is 0. The number of rotatable bonds is 2. The van der Waals surface area contributed by atoms with Gasteiger partial charge in [-0.1, -0.05) is 42.5 Å². The van der Waals surface area contributed by atoms with Crippen LogP contribution in [0.4, 0.5) is 0 Å². The van der Waals surface area contributed by atoms with Gasteiger partial charge in [0.25, 0.3) is 0 Å². The molecule has 0 heterocycles. The van der Waals surface area contributed by atoms with Gasteiger partial charge in [-0.05, 0) is 46.5 Å². The lowest BCUT2D eigenvalue weighted by Crippen LogP contribution is -1.82. The van der Waals surface area contributed by atoms with Crippen LogP contribution in [-0.2, 0) is 0 Å². The summed E-state index contributed by atoms with van der Waals surface area (Å²) in [7, 11) is 0. The van der Waals surface area contributed by atoms with Gasteiger partial charge < -0.3 is 0 Å². The van der Waals surface area contributed by atoms with Crippen molar-refractivity contribution in [2.75, 3.05) is 0 Å². The summed E-state index contributed by atoms with van der Waals surface area (Å²) in [5.41, 5.74) is 4.68. The zero-order valence-corrected chi connectivity index (χ0v) is 13.9. The number of hydrogen-bond donors (Lipinski definition) is 3. The van der Waals surface area contributed by atoms with E-state index in [9.17, 15) is 0 Å². The van der Waals surface area contributed by atoms with E-state index in [-0.39, 0.29) is 0 Å². The first-order valence-electron chi connectivity index (χ1n) is 6.55. The maximum Gasteiger partial charge on any atom is 0.0180 e. The fourth-order valence-corrected chi connectivity index (χ4v) is 2.82. The van der Waals surface area contributed by atoms with E-state index in [0.29, 0.717) is 0 Å². The Kier molecular flexibility index (Phi) is 4.34. The average Bonchev–Trinajstić information content (AvgIpc) is 2.50. The van der Waals surface area contributed by atoms with Gasteiger partial charge in [0, 0.05) is 14.7 Å². The van der Waals surface area contributed by atoms with Crippen LogP contribution in [0.2, 0.25) is 0 Å². The SMILES string of the molecule is Sc1cccc(-c2ccc(-c3ccc(S)c(S)c3)cc2)c1. The van der Waals surface area contributed by atoms with Crippen molar-refractivity contribution in [2.24, 2.45) is 0 Å². The number of thiol groups is 3. The maximum absolute atomic E-state index is 4.42. The Morgan fingerprint density at radius 2 is 1.05 bits per heavy atom. The largest absolute Gasteiger partial charge is 0.143 e. The molecule has 0 radical (unpaired) electrons. The smallest absolute Gasteiger partial charge is 0.0180 e. The van der Waals surface area contributed by atoms with Crippen molar-refractivity contribution < 1.29 is 0 Å². The average molecular weight is 327 g/mol. The van der Waals surface area contributed by atoms with Crippen molar-refractivity contribution in [1.82, 2.24) is 0 Å². The Balaban J connectivity index is 1.95. The van der Waals surface area contributed by atoms with E-state index in [4.69, 9.17) is 0 Å². The molecule has 3 aromatic rings. The minimum absolute atomic E-state index is 0.891. The zero-order valence-electron chi connectivity index (χ0n) is 11.2. The van der Waals surface area contributed by atoms with Crippen LogP contribution in [0.5, 0.6) is 0 Å². The quantitative estimate of drug-likeness (QED) is 0.481. The van der Waals surface area contributed by atoms with Gasteiger partial charge in [-0.2, -0.15) is 0 Å². The van der Waals surface area contributed by atoms with Crippen LogP contribution in [0.15, 0.2) is 81.4 Å². The van der Waals surface area contributed by atoms with Gasteiger partial charge >= 0.3 is 0 Å². The molecule has 0 aliphatic carbocycles. The summed E-state index contributed by atoms with van der Waals surface area (Å²) in [6, 6.07) is 22.7. The van der Waals surface area contributed by atoms with Crippen LogP contribution in [0.1, 0.15) is 0 Å². The van der Waals surface area contributed by atoms with E-state index in [0.717, 1.165) is 20.2 Å². The standard InChI is InChI=1S/C18H14S3/c19-16-3-1-2-14(10-16)12-4-6-13(7-5-12)15-8-9-17(20)18(21)11-15/h1-11,19-21H. The Bertz CT molecular complexity index is 777. The molecule has 0 amide bonds. The molecule has 104 valence electrons. The Labute approximate surface area is 141 Å². The van der Waals surface area contributed by atoms with Gasteiger partial charge in [-0.15, -0.1) is 37.9 Å². The summed E-state index contributed by atoms with van der Waals surface area (Å²) in [4.78, 5) is 2.76. The van der Waals surface area contributed by atoms with Crippen LogP contribution in [0, 0.1) is 0 Å². The van der Waals surface area contributed by atoms with Crippen molar-refractivity contribution in [3.05, 3.63) is 66.7 Å². The fourth-order valence-electron chi connectivity index (χ4n) is 2.24. The number of benzene rings is 3. The van der Waals surface area contributed by atoms with Crippen LogP contribution in [-0.4, -0.2) is 0 Å². The highest BCUT2D eigenvalue weighted by Gasteiger charge is 2.02. The predicted octanol–water partition coefficient (Wildman–Crippen LogP) is 5.89. The fraction of sp³-hybridized carbons (Fsp3) is 0. The lowest BCUT2D eigenvalue weighted by atomic mass is 10.0. The van der Waals surface area contributed by atoms with Gasteiger partial charge in [0.1, 0.15) is 0 Å². The molecular formula is C18H14S3. The molecule has 21 heavy (non-hydrogen) atoms. The second-order valence-corrected chi connectivity index (χ2v) is 6.31. The van der Waals surface area contributed by atoms with Crippen LogP contribution < -0.4 is 0 Å². The highest BCUT2D eigenvalue weighted by Crippen LogP contribution is 2.29. The first-order chi connectivity index (χ1) is 10.1. The molecule has 3 aromatic carbocycles. The topological polar surface area (TPSA) is 0 Å². The molecule has 0 nitrogen and oxygen atoms in total. The van der Waals surface area contributed by atoms with Crippen LogP contribution in [0.25, 0.3) is 22.3 Å². The van der Waals surface area contributed by atoms with Gasteiger partial charge in [-0.25, -0.2) is 0 Å². The van der Waals surface area contributed by atoms with Gasteiger partial charge in [0.05, 0.1) is 0 Å². The Morgan fingerprint density at radius 3 is 1.62 bits per heavy atom. The molecule has 0 aliphatic heterocycles. The first kappa shape index (κ1) is 14.6. The normalized spacial score (nSPS) is 10.6. The second-order valence-electron chi connectivity index (χ2n) is 4.83. The van der Waals surface area contributed by atoms with E-state index >= 15 is 0 Å². The first-order valence-corrected chi connectivity index (χ1v) is 7.89. The predicted molar refractivity (Wildman–Crippen MR) is 99.1 cm³/mol. The van der Waals surface area contributed by atoms with Gasteiger partial charge in [-0.3, -0.25) is 0 Å². The molecule has 0 N–H and O–H groups in total. The molecule has 0 fully saturated rings. The van der Waals surface area contributed by atoms with Crippen molar-refractivity contribution in [3.8, 4) is 22.3 Å². The molecular weight excluding hydrogens is 312 g/mol. The van der Waals surface area contributed by atoms with E-state index in [1.807, 2.05) is 24.3 Å². The molecule has 0 saturated carbocycles. The van der Waals surface area contributed by atoms with Crippen molar-refractivity contribution in [3.63, 3.8) is 0 Å². The van der Waals surface area contributed by atoms with E-state index in [1.54, 1.807) is 0 Å². The third-order valence-corrected chi connectivity index (χ3v) is 4.59.